The number of aliphatic carboxylic acids is 1. The molecule has 1 aliphatic carbocycles. The van der Waals surface area contributed by atoms with Gasteiger partial charge >= 0.3 is 5.97 Å². The number of benzene rings is 1. The number of amides is 1. The maximum absolute atomic E-state index is 12.6. The van der Waals surface area contributed by atoms with Crippen LogP contribution in [0.1, 0.15) is 66.8 Å². The molecule has 1 aliphatic heterocycles. The lowest BCUT2D eigenvalue weighted by Gasteiger charge is -2.16. The Balaban J connectivity index is 1.63. The topological polar surface area (TPSA) is 90.5 Å². The Morgan fingerprint density at radius 3 is 2.66 bits per heavy atom. The number of carboxylic acid groups (broad SMARTS) is 1. The van der Waals surface area contributed by atoms with Crippen LogP contribution in [0.2, 0.25) is 5.02 Å². The summed E-state index contributed by atoms with van der Waals surface area (Å²) in [5, 5.41) is 9.42. The molecule has 1 aromatic carbocycles. The number of aromatic amines is 1. The van der Waals surface area contributed by atoms with Crippen molar-refractivity contribution in [2.24, 2.45) is 0 Å². The number of likely N-dealkylation sites (tertiary alicyclic amines) is 1. The summed E-state index contributed by atoms with van der Waals surface area (Å²) >= 11 is 6.52. The van der Waals surface area contributed by atoms with Gasteiger partial charge in [0.25, 0.3) is 5.56 Å². The first-order valence-corrected chi connectivity index (χ1v) is 11.5. The Labute approximate surface area is 191 Å². The lowest BCUT2D eigenvalue weighted by molar-refractivity contribution is -0.137. The number of halogens is 1. The van der Waals surface area contributed by atoms with Gasteiger partial charge in [0.2, 0.25) is 5.91 Å². The van der Waals surface area contributed by atoms with Crippen molar-refractivity contribution in [1.29, 1.82) is 0 Å². The molecule has 168 valence electrons. The Kier molecular flexibility index (Phi) is 6.80. The van der Waals surface area contributed by atoms with Crippen LogP contribution in [0.5, 0.6) is 0 Å². The van der Waals surface area contributed by atoms with E-state index in [2.05, 4.69) is 4.98 Å². The van der Waals surface area contributed by atoms with Gasteiger partial charge in [0.1, 0.15) is 0 Å². The van der Waals surface area contributed by atoms with Crippen LogP contribution in [-0.2, 0) is 16.0 Å². The van der Waals surface area contributed by atoms with Crippen LogP contribution < -0.4 is 5.56 Å². The molecule has 0 radical (unpaired) electrons. The predicted octanol–water partition coefficient (Wildman–Crippen LogP) is 4.37. The van der Waals surface area contributed by atoms with Gasteiger partial charge in [0.15, 0.2) is 0 Å². The molecule has 2 aliphatic rings. The highest BCUT2D eigenvalue weighted by molar-refractivity contribution is 6.31. The van der Waals surface area contributed by atoms with Crippen LogP contribution in [0.4, 0.5) is 0 Å². The van der Waals surface area contributed by atoms with Gasteiger partial charge < -0.3 is 15.0 Å². The number of carbonyl (C=O) groups is 2. The molecule has 6 nitrogen and oxygen atoms in total. The fourth-order valence-corrected chi connectivity index (χ4v) is 4.46. The lowest BCUT2D eigenvalue weighted by Crippen LogP contribution is -2.24. The zero-order valence-electron chi connectivity index (χ0n) is 17.9. The highest BCUT2D eigenvalue weighted by Gasteiger charge is 2.26. The average Bonchev–Trinajstić information content (AvgIpc) is 3.51. The molecule has 1 aromatic heterocycles. The largest absolute Gasteiger partial charge is 0.481 e. The molecular weight excluding hydrogens is 428 g/mol. The van der Waals surface area contributed by atoms with E-state index in [4.69, 9.17) is 16.7 Å². The molecule has 4 rings (SSSR count). The second-order valence-corrected chi connectivity index (χ2v) is 8.95. The summed E-state index contributed by atoms with van der Waals surface area (Å²) in [5.41, 5.74) is 4.02. The number of aryl methyl sites for hydroxylation is 1. The molecular formula is C25H27ClN2O4. The standard InChI is InChI=1S/C25H27ClN2O4/c26-21-15-18(9-8-17(21)3-1-5-24(30)31)19(12-14-28-13-2-4-23(28)29)22-11-10-20(16-6-7-16)25(32)27-22/h8-12,15-16H,1-7,13-14H2,(H,27,32)(H,30,31)/b19-12+. The number of rotatable bonds is 9. The van der Waals surface area contributed by atoms with Crippen LogP contribution in [0.25, 0.3) is 5.57 Å². The van der Waals surface area contributed by atoms with Gasteiger partial charge in [-0.05, 0) is 61.3 Å². The highest BCUT2D eigenvalue weighted by Crippen LogP contribution is 2.38. The normalized spacial score (nSPS) is 16.6. The van der Waals surface area contributed by atoms with Crippen molar-refractivity contribution in [3.63, 3.8) is 0 Å². The smallest absolute Gasteiger partial charge is 0.303 e. The molecule has 0 bridgehead atoms. The zero-order chi connectivity index (χ0) is 22.7. The molecule has 1 amide bonds. The minimum Gasteiger partial charge on any atom is -0.481 e. The zero-order valence-corrected chi connectivity index (χ0v) is 18.7. The van der Waals surface area contributed by atoms with Gasteiger partial charge in [-0.25, -0.2) is 0 Å². The quantitative estimate of drug-likeness (QED) is 0.588. The summed E-state index contributed by atoms with van der Waals surface area (Å²) in [6.07, 6.45) is 6.73. The molecule has 0 atom stereocenters. The third-order valence-electron chi connectivity index (χ3n) is 6.14. The van der Waals surface area contributed by atoms with Crippen molar-refractivity contribution >= 4 is 29.1 Å². The molecule has 0 spiro atoms. The Morgan fingerprint density at radius 1 is 1.22 bits per heavy atom. The van der Waals surface area contributed by atoms with Crippen LogP contribution in [0.3, 0.4) is 0 Å². The van der Waals surface area contributed by atoms with E-state index in [0.29, 0.717) is 42.4 Å². The molecule has 0 unspecified atom stereocenters. The van der Waals surface area contributed by atoms with Gasteiger partial charge in [0.05, 0.1) is 0 Å². The first-order chi connectivity index (χ1) is 15.4. The third-order valence-corrected chi connectivity index (χ3v) is 6.49. The predicted molar refractivity (Wildman–Crippen MR) is 124 cm³/mol. The van der Waals surface area contributed by atoms with Crippen molar-refractivity contribution < 1.29 is 14.7 Å². The van der Waals surface area contributed by atoms with Crippen molar-refractivity contribution in [3.05, 3.63) is 74.2 Å². The lowest BCUT2D eigenvalue weighted by atomic mass is 9.98. The van der Waals surface area contributed by atoms with Crippen LogP contribution >= 0.6 is 11.6 Å². The molecule has 32 heavy (non-hydrogen) atoms. The van der Waals surface area contributed by atoms with E-state index in [1.54, 1.807) is 0 Å². The van der Waals surface area contributed by atoms with Gasteiger partial charge in [-0.2, -0.15) is 0 Å². The fourth-order valence-electron chi connectivity index (χ4n) is 4.19. The van der Waals surface area contributed by atoms with Crippen molar-refractivity contribution in [2.45, 2.75) is 50.9 Å². The minimum atomic E-state index is -0.821. The second-order valence-electron chi connectivity index (χ2n) is 8.55. The Bertz CT molecular complexity index is 1120. The average molecular weight is 455 g/mol. The number of aromatic nitrogens is 1. The summed E-state index contributed by atoms with van der Waals surface area (Å²) in [7, 11) is 0. The maximum Gasteiger partial charge on any atom is 0.303 e. The van der Waals surface area contributed by atoms with E-state index >= 15 is 0 Å². The van der Waals surface area contributed by atoms with Gasteiger partial charge in [0, 0.05) is 47.8 Å². The van der Waals surface area contributed by atoms with Gasteiger partial charge in [-0.15, -0.1) is 0 Å². The highest BCUT2D eigenvalue weighted by atomic mass is 35.5. The number of carbonyl (C=O) groups excluding carboxylic acids is 1. The van der Waals surface area contributed by atoms with Crippen molar-refractivity contribution in [1.82, 2.24) is 9.88 Å². The SMILES string of the molecule is O=C(O)CCCc1ccc(/C(=C\CN2CCCC2=O)c2ccc(C3CC3)c(=O)[nH]2)cc1Cl. The summed E-state index contributed by atoms with van der Waals surface area (Å²) < 4.78 is 0. The molecule has 2 heterocycles. The molecule has 2 N–H and O–H groups in total. The van der Waals surface area contributed by atoms with Gasteiger partial charge in [-0.3, -0.25) is 14.4 Å². The molecule has 2 fully saturated rings. The summed E-state index contributed by atoms with van der Waals surface area (Å²) in [4.78, 5) is 40.3. The van der Waals surface area contributed by atoms with Crippen LogP contribution in [0, 0.1) is 0 Å². The molecule has 1 saturated heterocycles. The minimum absolute atomic E-state index is 0.0652. The van der Waals surface area contributed by atoms with E-state index in [-0.39, 0.29) is 17.9 Å². The fraction of sp³-hybridized carbons (Fsp3) is 0.400. The summed E-state index contributed by atoms with van der Waals surface area (Å²) in [6.45, 7) is 1.21. The monoisotopic (exact) mass is 454 g/mol. The van der Waals surface area contributed by atoms with E-state index in [0.717, 1.165) is 48.1 Å². The van der Waals surface area contributed by atoms with Crippen LogP contribution in [0.15, 0.2) is 41.2 Å². The number of hydrogen-bond acceptors (Lipinski definition) is 3. The first-order valence-electron chi connectivity index (χ1n) is 11.1. The van der Waals surface area contributed by atoms with Crippen LogP contribution in [-0.4, -0.2) is 40.0 Å². The Hall–Kier alpha value is -2.86. The first kappa shape index (κ1) is 22.3. The van der Waals surface area contributed by atoms with Crippen molar-refractivity contribution in [2.75, 3.05) is 13.1 Å². The van der Waals surface area contributed by atoms with E-state index < -0.39 is 5.97 Å². The second kappa shape index (κ2) is 9.74. The number of nitrogens with zero attached hydrogens (tertiary/aromatic N) is 1. The third kappa shape index (κ3) is 5.30. The van der Waals surface area contributed by atoms with Gasteiger partial charge in [-0.1, -0.05) is 35.9 Å². The number of H-pyrrole nitrogens is 1. The number of pyridine rings is 1. The molecule has 7 heteroatoms. The number of carboxylic acids is 1. The van der Waals surface area contributed by atoms with Crippen molar-refractivity contribution in [3.8, 4) is 0 Å². The maximum atomic E-state index is 12.6. The Morgan fingerprint density at radius 2 is 2.03 bits per heavy atom. The number of nitrogens with one attached hydrogen (secondary N) is 1. The summed E-state index contributed by atoms with van der Waals surface area (Å²) in [5.74, 6) is -0.315. The van der Waals surface area contributed by atoms with E-state index in [1.165, 1.54) is 0 Å². The summed E-state index contributed by atoms with van der Waals surface area (Å²) in [6, 6.07) is 9.53. The number of hydrogen-bond donors (Lipinski definition) is 2. The molecule has 2 aromatic rings. The van der Waals surface area contributed by atoms with E-state index in [1.807, 2.05) is 41.3 Å². The molecule has 1 saturated carbocycles. The van der Waals surface area contributed by atoms with E-state index in [9.17, 15) is 14.4 Å².